The molecule has 0 atom stereocenters. The van der Waals surface area contributed by atoms with E-state index < -0.39 is 0 Å². The van der Waals surface area contributed by atoms with Crippen molar-refractivity contribution in [3.05, 3.63) is 59.7 Å². The largest absolute Gasteiger partial charge is 0.325 e. The van der Waals surface area contributed by atoms with Crippen LogP contribution in [-0.2, 0) is 4.79 Å². The number of benzene rings is 2. The molecular weight excluding hydrogens is 282 g/mol. The number of nitrogens with one attached hydrogen (secondary N) is 1. The van der Waals surface area contributed by atoms with Crippen LogP contribution in [0, 0.1) is 6.92 Å². The van der Waals surface area contributed by atoms with E-state index in [1.165, 1.54) is 18.7 Å². The van der Waals surface area contributed by atoms with E-state index in [9.17, 15) is 9.59 Å². The van der Waals surface area contributed by atoms with E-state index in [1.807, 2.05) is 31.2 Å². The van der Waals surface area contributed by atoms with Gasteiger partial charge < -0.3 is 5.32 Å². The molecule has 2 aromatic rings. The molecule has 2 aromatic carbocycles. The van der Waals surface area contributed by atoms with Crippen molar-refractivity contribution in [2.24, 2.45) is 0 Å². The predicted octanol–water partition coefficient (Wildman–Crippen LogP) is 3.93. The number of Topliss-reactive ketones (excluding diaryl/α,β-unsaturated/α-hetero) is 1. The van der Waals surface area contributed by atoms with Crippen LogP contribution in [0.25, 0.3) is 0 Å². The molecule has 0 unspecified atom stereocenters. The Bertz CT molecular complexity index is 667. The Hall–Kier alpha value is -2.07. The number of aryl methyl sites for hydroxylation is 1. The lowest BCUT2D eigenvalue weighted by molar-refractivity contribution is -0.113. The number of rotatable bonds is 5. The second-order valence-electron chi connectivity index (χ2n) is 4.70. The summed E-state index contributed by atoms with van der Waals surface area (Å²) in [5.74, 6) is 0.145. The van der Waals surface area contributed by atoms with E-state index in [4.69, 9.17) is 0 Å². The highest BCUT2D eigenvalue weighted by Crippen LogP contribution is 2.22. The molecule has 0 aliphatic carbocycles. The van der Waals surface area contributed by atoms with Crippen LogP contribution in [0.2, 0.25) is 0 Å². The van der Waals surface area contributed by atoms with E-state index in [2.05, 4.69) is 5.32 Å². The first-order valence-electron chi connectivity index (χ1n) is 6.66. The lowest BCUT2D eigenvalue weighted by Gasteiger charge is -2.09. The highest BCUT2D eigenvalue weighted by atomic mass is 32.2. The summed E-state index contributed by atoms with van der Waals surface area (Å²) in [5, 5.41) is 2.80. The van der Waals surface area contributed by atoms with Crippen molar-refractivity contribution in [1.82, 2.24) is 0 Å². The van der Waals surface area contributed by atoms with Crippen LogP contribution in [-0.4, -0.2) is 17.4 Å². The second kappa shape index (κ2) is 7.09. The predicted molar refractivity (Wildman–Crippen MR) is 87.0 cm³/mol. The van der Waals surface area contributed by atoms with Crippen LogP contribution in [0.15, 0.2) is 53.4 Å². The molecule has 4 heteroatoms. The topological polar surface area (TPSA) is 46.2 Å². The molecule has 0 aromatic heterocycles. The Morgan fingerprint density at radius 1 is 1.05 bits per heavy atom. The van der Waals surface area contributed by atoms with Gasteiger partial charge in [-0.05, 0) is 37.6 Å². The molecule has 0 saturated heterocycles. The van der Waals surface area contributed by atoms with E-state index in [0.717, 1.165) is 10.5 Å². The smallest absolute Gasteiger partial charge is 0.234 e. The zero-order chi connectivity index (χ0) is 15.2. The maximum absolute atomic E-state index is 12.0. The van der Waals surface area contributed by atoms with Gasteiger partial charge in [0.1, 0.15) is 0 Å². The highest BCUT2D eigenvalue weighted by molar-refractivity contribution is 8.00. The van der Waals surface area contributed by atoms with Crippen LogP contribution in [0.4, 0.5) is 5.69 Å². The number of para-hydroxylation sites is 1. The van der Waals surface area contributed by atoms with Gasteiger partial charge in [0.25, 0.3) is 0 Å². The molecule has 0 radical (unpaired) electrons. The van der Waals surface area contributed by atoms with Gasteiger partial charge in [-0.2, -0.15) is 0 Å². The van der Waals surface area contributed by atoms with Gasteiger partial charge in [-0.1, -0.05) is 30.3 Å². The van der Waals surface area contributed by atoms with Gasteiger partial charge in [-0.15, -0.1) is 11.8 Å². The molecule has 0 spiro atoms. The minimum atomic E-state index is -0.114. The Kier molecular flexibility index (Phi) is 5.17. The third-order valence-electron chi connectivity index (χ3n) is 3.03. The van der Waals surface area contributed by atoms with Gasteiger partial charge in [-0.25, -0.2) is 0 Å². The molecule has 0 aliphatic heterocycles. The van der Waals surface area contributed by atoms with Crippen LogP contribution in [0.5, 0.6) is 0 Å². The lowest BCUT2D eigenvalue weighted by atomic mass is 10.1. The standard InChI is InChI=1S/C17H17NO2S/c1-12-7-3-6-10-16(12)21-11-17(20)18-15-9-5-4-8-14(15)13(2)19/h3-10H,11H2,1-2H3,(H,18,20). The molecule has 3 nitrogen and oxygen atoms in total. The van der Waals surface area contributed by atoms with Gasteiger partial charge >= 0.3 is 0 Å². The summed E-state index contributed by atoms with van der Waals surface area (Å²) in [6.07, 6.45) is 0. The summed E-state index contributed by atoms with van der Waals surface area (Å²) in [7, 11) is 0. The van der Waals surface area contributed by atoms with Gasteiger partial charge in [0, 0.05) is 10.5 Å². The maximum atomic E-state index is 12.0. The summed E-state index contributed by atoms with van der Waals surface area (Å²) in [6, 6.07) is 15.0. The Balaban J connectivity index is 2.00. The van der Waals surface area contributed by atoms with Crippen molar-refractivity contribution in [3.63, 3.8) is 0 Å². The maximum Gasteiger partial charge on any atom is 0.234 e. The first-order valence-corrected chi connectivity index (χ1v) is 7.64. The Morgan fingerprint density at radius 3 is 2.43 bits per heavy atom. The fourth-order valence-corrected chi connectivity index (χ4v) is 2.78. The molecule has 0 heterocycles. The van der Waals surface area contributed by atoms with Crippen LogP contribution in [0.1, 0.15) is 22.8 Å². The first kappa shape index (κ1) is 15.3. The van der Waals surface area contributed by atoms with Crippen molar-refractivity contribution in [2.45, 2.75) is 18.7 Å². The van der Waals surface area contributed by atoms with Crippen molar-refractivity contribution in [3.8, 4) is 0 Å². The summed E-state index contributed by atoms with van der Waals surface area (Å²) in [6.45, 7) is 3.51. The van der Waals surface area contributed by atoms with E-state index >= 15 is 0 Å². The summed E-state index contributed by atoms with van der Waals surface area (Å²) in [4.78, 5) is 24.6. The fourth-order valence-electron chi connectivity index (χ4n) is 1.95. The zero-order valence-corrected chi connectivity index (χ0v) is 12.9. The molecule has 108 valence electrons. The molecule has 21 heavy (non-hydrogen) atoms. The van der Waals surface area contributed by atoms with Gasteiger partial charge in [0.15, 0.2) is 5.78 Å². The highest BCUT2D eigenvalue weighted by Gasteiger charge is 2.10. The number of anilines is 1. The molecule has 0 fully saturated rings. The quantitative estimate of drug-likeness (QED) is 0.672. The first-order chi connectivity index (χ1) is 10.1. The SMILES string of the molecule is CC(=O)c1ccccc1NC(=O)CSc1ccccc1C. The average molecular weight is 299 g/mol. The van der Waals surface area contributed by atoms with E-state index in [0.29, 0.717) is 17.0 Å². The molecule has 2 rings (SSSR count). The second-order valence-corrected chi connectivity index (χ2v) is 5.72. The van der Waals surface area contributed by atoms with Crippen molar-refractivity contribution >= 4 is 29.1 Å². The summed E-state index contributed by atoms with van der Waals surface area (Å²) < 4.78 is 0. The molecule has 0 bridgehead atoms. The van der Waals surface area contributed by atoms with Crippen LogP contribution < -0.4 is 5.32 Å². The Labute approximate surface area is 128 Å². The Morgan fingerprint density at radius 2 is 1.71 bits per heavy atom. The minimum Gasteiger partial charge on any atom is -0.325 e. The summed E-state index contributed by atoms with van der Waals surface area (Å²) in [5.41, 5.74) is 2.26. The minimum absolute atomic E-state index is 0.0579. The van der Waals surface area contributed by atoms with Crippen LogP contribution >= 0.6 is 11.8 Å². The molecule has 1 amide bonds. The van der Waals surface area contributed by atoms with Crippen molar-refractivity contribution in [2.75, 3.05) is 11.1 Å². The molecule has 1 N–H and O–H groups in total. The van der Waals surface area contributed by atoms with Gasteiger partial charge in [0.05, 0.1) is 11.4 Å². The number of ketones is 1. The number of hydrogen-bond acceptors (Lipinski definition) is 3. The molecule has 0 aliphatic rings. The zero-order valence-electron chi connectivity index (χ0n) is 12.1. The van der Waals surface area contributed by atoms with Crippen molar-refractivity contribution < 1.29 is 9.59 Å². The lowest BCUT2D eigenvalue weighted by Crippen LogP contribution is -2.16. The number of hydrogen-bond donors (Lipinski definition) is 1. The normalized spacial score (nSPS) is 10.2. The monoisotopic (exact) mass is 299 g/mol. The molecular formula is C17H17NO2S. The van der Waals surface area contributed by atoms with E-state index in [1.54, 1.807) is 24.3 Å². The average Bonchev–Trinajstić information content (AvgIpc) is 2.47. The number of carbonyl (C=O) groups excluding carboxylic acids is 2. The summed E-state index contributed by atoms with van der Waals surface area (Å²) >= 11 is 1.49. The van der Waals surface area contributed by atoms with E-state index in [-0.39, 0.29) is 11.7 Å². The van der Waals surface area contributed by atoms with Gasteiger partial charge in [-0.3, -0.25) is 9.59 Å². The third kappa shape index (κ3) is 4.20. The van der Waals surface area contributed by atoms with Gasteiger partial charge in [0.2, 0.25) is 5.91 Å². The third-order valence-corrected chi connectivity index (χ3v) is 4.21. The molecule has 0 saturated carbocycles. The number of amides is 1. The fraction of sp³-hybridized carbons (Fsp3) is 0.176. The van der Waals surface area contributed by atoms with Crippen LogP contribution in [0.3, 0.4) is 0 Å². The number of carbonyl (C=O) groups is 2. The van der Waals surface area contributed by atoms with Crippen molar-refractivity contribution in [1.29, 1.82) is 0 Å². The number of thioether (sulfide) groups is 1.